The van der Waals surface area contributed by atoms with Crippen molar-refractivity contribution in [3.8, 4) is 11.1 Å². The van der Waals surface area contributed by atoms with Crippen LogP contribution in [0.4, 0.5) is 0 Å². The number of amides is 1. The molecule has 0 spiro atoms. The highest BCUT2D eigenvalue weighted by Gasteiger charge is 2.37. The van der Waals surface area contributed by atoms with Gasteiger partial charge in [0.1, 0.15) is 0 Å². The van der Waals surface area contributed by atoms with Gasteiger partial charge in [-0.25, -0.2) is 4.79 Å². The number of nitrogens with one attached hydrogen (secondary N) is 1. The van der Waals surface area contributed by atoms with Crippen molar-refractivity contribution in [3.63, 3.8) is 0 Å². The first kappa shape index (κ1) is 19.1. The van der Waals surface area contributed by atoms with Crippen molar-refractivity contribution in [2.75, 3.05) is 20.1 Å². The Bertz CT molecular complexity index is 832. The van der Waals surface area contributed by atoms with Crippen molar-refractivity contribution in [1.29, 1.82) is 0 Å². The lowest BCUT2D eigenvalue weighted by Gasteiger charge is -2.39. The number of nitrogens with zero attached hydrogens (tertiary/aromatic N) is 1. The molecular formula is C22H26N2O3. The number of hydrogen-bond acceptors (Lipinski definition) is 3. The maximum absolute atomic E-state index is 12.2. The van der Waals surface area contributed by atoms with E-state index in [1.54, 1.807) is 19.2 Å². The molecule has 2 aromatic rings. The van der Waals surface area contributed by atoms with Crippen LogP contribution in [0.3, 0.4) is 0 Å². The molecule has 1 atom stereocenters. The highest BCUT2D eigenvalue weighted by Crippen LogP contribution is 2.31. The fourth-order valence-corrected chi connectivity index (χ4v) is 3.94. The molecule has 1 aliphatic rings. The third-order valence-corrected chi connectivity index (χ3v) is 5.38. The Morgan fingerprint density at radius 3 is 2.52 bits per heavy atom. The van der Waals surface area contributed by atoms with Crippen LogP contribution in [0.2, 0.25) is 0 Å². The van der Waals surface area contributed by atoms with Gasteiger partial charge in [-0.3, -0.25) is 9.69 Å². The van der Waals surface area contributed by atoms with E-state index in [4.69, 9.17) is 0 Å². The largest absolute Gasteiger partial charge is 0.478 e. The normalized spacial score (nSPS) is 20.2. The number of benzene rings is 2. The Hall–Kier alpha value is -2.66. The summed E-state index contributed by atoms with van der Waals surface area (Å²) >= 11 is 0. The molecule has 27 heavy (non-hydrogen) atoms. The number of carbonyl (C=O) groups excluding carboxylic acids is 1. The zero-order chi connectivity index (χ0) is 19.4. The van der Waals surface area contributed by atoms with Crippen molar-refractivity contribution in [2.24, 2.45) is 5.41 Å². The van der Waals surface area contributed by atoms with Gasteiger partial charge < -0.3 is 10.4 Å². The van der Waals surface area contributed by atoms with Crippen molar-refractivity contribution < 1.29 is 14.7 Å². The molecule has 1 heterocycles. The van der Waals surface area contributed by atoms with E-state index in [9.17, 15) is 14.7 Å². The summed E-state index contributed by atoms with van der Waals surface area (Å²) in [7, 11) is 1.69. The molecule has 0 aliphatic carbocycles. The Balaban J connectivity index is 1.73. The lowest BCUT2D eigenvalue weighted by atomic mass is 9.81. The van der Waals surface area contributed by atoms with Crippen molar-refractivity contribution in [1.82, 2.24) is 10.2 Å². The fourth-order valence-electron chi connectivity index (χ4n) is 3.94. The number of carboxylic acids is 1. The van der Waals surface area contributed by atoms with Gasteiger partial charge in [-0.2, -0.15) is 0 Å². The number of likely N-dealkylation sites (tertiary alicyclic amines) is 1. The molecule has 5 nitrogen and oxygen atoms in total. The van der Waals surface area contributed by atoms with E-state index < -0.39 is 5.97 Å². The quantitative estimate of drug-likeness (QED) is 0.851. The molecule has 2 aromatic carbocycles. The standard InChI is InChI=1S/C22H26N2O3/c1-22(21(27)23-2)12-5-13-24(15-22)14-16-8-10-17(11-9-16)18-6-3-4-7-19(18)20(25)26/h3-4,6-11H,5,12-15H2,1-2H3,(H,23,27)(H,25,26)/t22-/m0/s1. The molecule has 1 fully saturated rings. The van der Waals surface area contributed by atoms with E-state index in [0.717, 1.165) is 49.2 Å². The highest BCUT2D eigenvalue weighted by molar-refractivity contribution is 5.96. The zero-order valence-corrected chi connectivity index (χ0v) is 15.9. The van der Waals surface area contributed by atoms with Crippen LogP contribution < -0.4 is 5.32 Å². The van der Waals surface area contributed by atoms with Gasteiger partial charge in [-0.15, -0.1) is 0 Å². The second-order valence-corrected chi connectivity index (χ2v) is 7.50. The third-order valence-electron chi connectivity index (χ3n) is 5.38. The predicted molar refractivity (Wildman–Crippen MR) is 106 cm³/mol. The van der Waals surface area contributed by atoms with Crippen LogP contribution in [0.5, 0.6) is 0 Å². The van der Waals surface area contributed by atoms with E-state index in [1.165, 1.54) is 0 Å². The minimum atomic E-state index is -0.920. The van der Waals surface area contributed by atoms with Crippen molar-refractivity contribution >= 4 is 11.9 Å². The predicted octanol–water partition coefficient (Wildman–Crippen LogP) is 3.40. The SMILES string of the molecule is CNC(=O)[C@@]1(C)CCCN(Cc2ccc(-c3ccccc3C(=O)O)cc2)C1. The van der Waals surface area contributed by atoms with Gasteiger partial charge >= 0.3 is 5.97 Å². The summed E-state index contributed by atoms with van der Waals surface area (Å²) in [6.45, 7) is 4.55. The molecule has 1 amide bonds. The summed E-state index contributed by atoms with van der Waals surface area (Å²) in [4.78, 5) is 25.9. The van der Waals surface area contributed by atoms with Crippen LogP contribution >= 0.6 is 0 Å². The first-order valence-electron chi connectivity index (χ1n) is 9.29. The van der Waals surface area contributed by atoms with Crippen LogP contribution in [-0.2, 0) is 11.3 Å². The minimum absolute atomic E-state index is 0.104. The van der Waals surface area contributed by atoms with Gasteiger partial charge in [-0.05, 0) is 49.1 Å². The van der Waals surface area contributed by atoms with Crippen LogP contribution in [0, 0.1) is 5.41 Å². The number of carboxylic acid groups (broad SMARTS) is 1. The third kappa shape index (κ3) is 4.19. The molecule has 2 N–H and O–H groups in total. The highest BCUT2D eigenvalue weighted by atomic mass is 16.4. The summed E-state index contributed by atoms with van der Waals surface area (Å²) in [5, 5.41) is 12.2. The van der Waals surface area contributed by atoms with E-state index >= 15 is 0 Å². The summed E-state index contributed by atoms with van der Waals surface area (Å²) < 4.78 is 0. The van der Waals surface area contributed by atoms with Crippen LogP contribution in [0.15, 0.2) is 48.5 Å². The summed E-state index contributed by atoms with van der Waals surface area (Å²) in [6.07, 6.45) is 1.92. The first-order valence-corrected chi connectivity index (χ1v) is 9.29. The number of rotatable bonds is 5. The molecule has 3 rings (SSSR count). The molecule has 0 unspecified atom stereocenters. The average Bonchev–Trinajstić information content (AvgIpc) is 2.68. The van der Waals surface area contributed by atoms with E-state index in [0.29, 0.717) is 5.56 Å². The van der Waals surface area contributed by atoms with Gasteiger partial charge in [0.25, 0.3) is 0 Å². The number of carbonyl (C=O) groups is 2. The fraction of sp³-hybridized carbons (Fsp3) is 0.364. The second kappa shape index (κ2) is 7.92. The minimum Gasteiger partial charge on any atom is -0.478 e. The molecule has 1 saturated heterocycles. The molecule has 0 aromatic heterocycles. The molecule has 1 aliphatic heterocycles. The van der Waals surface area contributed by atoms with Gasteiger partial charge in [0.15, 0.2) is 0 Å². The van der Waals surface area contributed by atoms with Crippen molar-refractivity contribution in [2.45, 2.75) is 26.3 Å². The molecule has 0 radical (unpaired) electrons. The maximum atomic E-state index is 12.2. The second-order valence-electron chi connectivity index (χ2n) is 7.50. The lowest BCUT2D eigenvalue weighted by Crippen LogP contribution is -2.49. The smallest absolute Gasteiger partial charge is 0.336 e. The maximum Gasteiger partial charge on any atom is 0.336 e. The van der Waals surface area contributed by atoms with E-state index in [2.05, 4.69) is 10.2 Å². The first-order chi connectivity index (χ1) is 12.9. The average molecular weight is 366 g/mol. The lowest BCUT2D eigenvalue weighted by molar-refractivity contribution is -0.132. The number of hydrogen-bond donors (Lipinski definition) is 2. The van der Waals surface area contributed by atoms with Gasteiger partial charge in [0.05, 0.1) is 11.0 Å². The van der Waals surface area contributed by atoms with Gasteiger partial charge in [0.2, 0.25) is 5.91 Å². The number of aromatic carboxylic acids is 1. The topological polar surface area (TPSA) is 69.6 Å². The molecule has 5 heteroatoms. The summed E-state index contributed by atoms with van der Waals surface area (Å²) in [5.74, 6) is -0.815. The van der Waals surface area contributed by atoms with E-state index in [1.807, 2.05) is 43.3 Å². The molecule has 0 saturated carbocycles. The monoisotopic (exact) mass is 366 g/mol. The van der Waals surface area contributed by atoms with E-state index in [-0.39, 0.29) is 11.3 Å². The zero-order valence-electron chi connectivity index (χ0n) is 15.9. The summed E-state index contributed by atoms with van der Waals surface area (Å²) in [5.41, 5.74) is 2.75. The van der Waals surface area contributed by atoms with Crippen molar-refractivity contribution in [3.05, 3.63) is 59.7 Å². The van der Waals surface area contributed by atoms with Crippen LogP contribution in [0.25, 0.3) is 11.1 Å². The molecule has 142 valence electrons. The van der Waals surface area contributed by atoms with Gasteiger partial charge in [0, 0.05) is 20.1 Å². The Morgan fingerprint density at radius 1 is 1.15 bits per heavy atom. The number of piperidine rings is 1. The van der Waals surface area contributed by atoms with Gasteiger partial charge in [-0.1, -0.05) is 42.5 Å². The molecule has 0 bridgehead atoms. The Kier molecular flexibility index (Phi) is 5.61. The Morgan fingerprint density at radius 2 is 1.85 bits per heavy atom. The Labute approximate surface area is 160 Å². The van der Waals surface area contributed by atoms with Crippen LogP contribution in [0.1, 0.15) is 35.7 Å². The molecular weight excluding hydrogens is 340 g/mol. The van der Waals surface area contributed by atoms with Crippen LogP contribution in [-0.4, -0.2) is 42.0 Å². The summed E-state index contributed by atoms with van der Waals surface area (Å²) in [6, 6.07) is 15.1.